The van der Waals surface area contributed by atoms with E-state index in [1.807, 2.05) is 0 Å². The minimum absolute atomic E-state index is 0.00411. The van der Waals surface area contributed by atoms with E-state index < -0.39 is 11.7 Å². The van der Waals surface area contributed by atoms with Crippen LogP contribution in [-0.2, 0) is 6.18 Å². The third-order valence-corrected chi connectivity index (χ3v) is 2.55. The van der Waals surface area contributed by atoms with Crippen LogP contribution in [0.4, 0.5) is 18.9 Å². The van der Waals surface area contributed by atoms with E-state index >= 15 is 0 Å². The summed E-state index contributed by atoms with van der Waals surface area (Å²) in [7, 11) is 0. The molecule has 0 aliphatic heterocycles. The van der Waals surface area contributed by atoms with Gasteiger partial charge in [0.05, 0.1) is 4.47 Å². The molecule has 0 heterocycles. The second-order valence-electron chi connectivity index (χ2n) is 3.05. The van der Waals surface area contributed by atoms with Gasteiger partial charge in [0.25, 0.3) is 0 Å². The van der Waals surface area contributed by atoms with Crippen LogP contribution in [0.25, 0.3) is 0 Å². The van der Waals surface area contributed by atoms with E-state index in [9.17, 15) is 13.2 Å². The lowest BCUT2D eigenvalue weighted by atomic mass is 10.1. The fraction of sp³-hybridized carbons (Fsp3) is 0.200. The van der Waals surface area contributed by atoms with Gasteiger partial charge in [0.1, 0.15) is 17.9 Å². The number of nitrogen functional groups attached to an aromatic ring is 1. The van der Waals surface area contributed by atoms with Crippen molar-refractivity contribution >= 4 is 33.2 Å². The first-order valence-electron chi connectivity index (χ1n) is 4.40. The predicted molar refractivity (Wildman–Crippen MR) is 64.0 cm³/mol. The molecule has 0 fully saturated rings. The molecule has 0 atom stereocenters. The highest BCUT2D eigenvalue weighted by Gasteiger charge is 2.35. The summed E-state index contributed by atoms with van der Waals surface area (Å²) in [6, 6.07) is 2.17. The van der Waals surface area contributed by atoms with Crippen LogP contribution in [0.2, 0.25) is 0 Å². The number of hydrogen-bond donors (Lipinski definition) is 1. The second-order valence-corrected chi connectivity index (χ2v) is 4.16. The summed E-state index contributed by atoms with van der Waals surface area (Å²) in [5.74, 6) is -0.304. The maximum atomic E-state index is 12.7. The quantitative estimate of drug-likeness (QED) is 0.844. The van der Waals surface area contributed by atoms with E-state index in [0.29, 0.717) is 0 Å². The summed E-state index contributed by atoms with van der Waals surface area (Å²) in [6.07, 6.45) is -3.15. The number of hydrogen-bond acceptors (Lipinski definition) is 2. The Morgan fingerprint density at radius 2 is 2.06 bits per heavy atom. The monoisotopic (exact) mass is 329 g/mol. The fourth-order valence-electron chi connectivity index (χ4n) is 1.14. The van der Waals surface area contributed by atoms with Crippen molar-refractivity contribution in [3.63, 3.8) is 0 Å². The van der Waals surface area contributed by atoms with Crippen molar-refractivity contribution in [1.82, 2.24) is 0 Å². The van der Waals surface area contributed by atoms with E-state index in [1.54, 1.807) is 0 Å². The summed E-state index contributed by atoms with van der Waals surface area (Å²) in [4.78, 5) is 0. The molecule has 0 amide bonds. The van der Waals surface area contributed by atoms with Gasteiger partial charge in [0.15, 0.2) is 0 Å². The fourth-order valence-corrected chi connectivity index (χ4v) is 1.80. The van der Waals surface area contributed by atoms with Gasteiger partial charge < -0.3 is 10.5 Å². The Labute approximate surface area is 109 Å². The van der Waals surface area contributed by atoms with Crippen molar-refractivity contribution in [3.8, 4) is 5.75 Å². The van der Waals surface area contributed by atoms with Gasteiger partial charge in [-0.25, -0.2) is 0 Å². The van der Waals surface area contributed by atoms with Gasteiger partial charge in [0, 0.05) is 11.2 Å². The number of halogens is 5. The summed E-state index contributed by atoms with van der Waals surface area (Å²) >= 11 is 8.23. The molecule has 7 heteroatoms. The maximum Gasteiger partial charge on any atom is 0.420 e. The molecule has 0 unspecified atom stereocenters. The summed E-state index contributed by atoms with van der Waals surface area (Å²) in [5, 5.41) is 0. The maximum absolute atomic E-state index is 12.7. The van der Waals surface area contributed by atoms with E-state index in [1.165, 1.54) is 17.7 Å². The van der Waals surface area contributed by atoms with Crippen molar-refractivity contribution in [1.29, 1.82) is 0 Å². The van der Waals surface area contributed by atoms with Crippen molar-refractivity contribution in [2.24, 2.45) is 0 Å². The number of benzene rings is 1. The van der Waals surface area contributed by atoms with Crippen LogP contribution in [-0.4, -0.2) is 6.61 Å². The molecule has 1 rings (SSSR count). The van der Waals surface area contributed by atoms with Gasteiger partial charge in [0.2, 0.25) is 0 Å². The molecule has 0 aromatic heterocycles. The highest BCUT2D eigenvalue weighted by molar-refractivity contribution is 9.10. The molecule has 2 N–H and O–H groups in total. The van der Waals surface area contributed by atoms with Crippen LogP contribution in [0.1, 0.15) is 5.56 Å². The first-order valence-corrected chi connectivity index (χ1v) is 5.63. The highest BCUT2D eigenvalue weighted by Crippen LogP contribution is 2.41. The summed E-state index contributed by atoms with van der Waals surface area (Å²) < 4.78 is 43.3. The number of ether oxygens (including phenoxy) is 1. The molecule has 0 aliphatic carbocycles. The Morgan fingerprint density at radius 3 is 2.59 bits per heavy atom. The summed E-state index contributed by atoms with van der Waals surface area (Å²) in [5.41, 5.74) is 5.60. The Balaban J connectivity index is 3.16. The van der Waals surface area contributed by atoms with Gasteiger partial charge in [-0.3, -0.25) is 0 Å². The molecule has 1 aromatic rings. The molecule has 0 bridgehead atoms. The van der Waals surface area contributed by atoms with Gasteiger partial charge in [-0.05, 0) is 34.1 Å². The highest BCUT2D eigenvalue weighted by atomic mass is 79.9. The lowest BCUT2D eigenvalue weighted by Gasteiger charge is -2.15. The number of rotatable bonds is 3. The molecular weight excluding hydrogens is 322 g/mol. The number of nitrogens with two attached hydrogens (primary N) is 1. The molecule has 2 nitrogen and oxygen atoms in total. The van der Waals surface area contributed by atoms with E-state index in [-0.39, 0.29) is 22.5 Å². The zero-order valence-corrected chi connectivity index (χ0v) is 10.7. The molecular formula is C10H8BrClF3NO. The van der Waals surface area contributed by atoms with Crippen LogP contribution < -0.4 is 10.5 Å². The van der Waals surface area contributed by atoms with Gasteiger partial charge in [-0.1, -0.05) is 11.6 Å². The molecule has 0 spiro atoms. The third-order valence-electron chi connectivity index (χ3n) is 1.78. The molecule has 17 heavy (non-hydrogen) atoms. The molecule has 94 valence electrons. The standard InChI is InChI=1S/C10H8BrClF3NO/c11-8-5-6(16)4-7(10(13,14)15)9(8)17-3-1-2-12/h1-2,4-5H,3,16H2/b2-1+. The zero-order chi connectivity index (χ0) is 13.1. The van der Waals surface area contributed by atoms with E-state index in [2.05, 4.69) is 15.9 Å². The van der Waals surface area contributed by atoms with Crippen molar-refractivity contribution in [3.05, 3.63) is 33.8 Å². The van der Waals surface area contributed by atoms with Crippen molar-refractivity contribution in [2.45, 2.75) is 6.18 Å². The van der Waals surface area contributed by atoms with E-state index in [0.717, 1.165) is 6.07 Å². The van der Waals surface area contributed by atoms with Crippen LogP contribution in [0, 0.1) is 0 Å². The lowest BCUT2D eigenvalue weighted by Crippen LogP contribution is -2.10. The SMILES string of the molecule is Nc1cc(Br)c(OC/C=C/Cl)c(C(F)(F)F)c1. The second kappa shape index (κ2) is 5.64. The summed E-state index contributed by atoms with van der Waals surface area (Å²) in [6.45, 7) is -0.0604. The first kappa shape index (κ1) is 14.2. The number of anilines is 1. The zero-order valence-electron chi connectivity index (χ0n) is 8.39. The Morgan fingerprint density at radius 1 is 1.41 bits per heavy atom. The van der Waals surface area contributed by atoms with Gasteiger partial charge in [-0.2, -0.15) is 13.2 Å². The largest absolute Gasteiger partial charge is 0.488 e. The van der Waals surface area contributed by atoms with Crippen LogP contribution >= 0.6 is 27.5 Å². The average molecular weight is 331 g/mol. The van der Waals surface area contributed by atoms with Crippen molar-refractivity contribution in [2.75, 3.05) is 12.3 Å². The van der Waals surface area contributed by atoms with E-state index in [4.69, 9.17) is 22.1 Å². The normalized spacial score (nSPS) is 12.1. The molecule has 1 aromatic carbocycles. The Bertz CT molecular complexity index is 434. The lowest BCUT2D eigenvalue weighted by molar-refractivity contribution is -0.138. The number of alkyl halides is 3. The smallest absolute Gasteiger partial charge is 0.420 e. The molecule has 0 saturated carbocycles. The predicted octanol–water partition coefficient (Wildman–Crippen LogP) is 4.18. The van der Waals surface area contributed by atoms with Crippen LogP contribution in [0.3, 0.4) is 0 Å². The molecule has 0 radical (unpaired) electrons. The Hall–Kier alpha value is -0.880. The van der Waals surface area contributed by atoms with Crippen LogP contribution in [0.15, 0.2) is 28.2 Å². The third kappa shape index (κ3) is 3.81. The Kier molecular flexibility index (Phi) is 4.70. The topological polar surface area (TPSA) is 35.2 Å². The van der Waals surface area contributed by atoms with Crippen molar-refractivity contribution < 1.29 is 17.9 Å². The molecule has 0 saturated heterocycles. The van der Waals surface area contributed by atoms with Gasteiger partial charge >= 0.3 is 6.18 Å². The van der Waals surface area contributed by atoms with Gasteiger partial charge in [-0.15, -0.1) is 0 Å². The minimum atomic E-state index is -4.53. The molecule has 0 aliphatic rings. The average Bonchev–Trinajstić information content (AvgIpc) is 2.19. The first-order chi connectivity index (χ1) is 7.86. The minimum Gasteiger partial charge on any atom is -0.488 e. The van der Waals surface area contributed by atoms with Crippen LogP contribution in [0.5, 0.6) is 5.75 Å².